The summed E-state index contributed by atoms with van der Waals surface area (Å²) in [6.45, 7) is 6.62. The predicted octanol–water partition coefficient (Wildman–Crippen LogP) is 5.78. The number of rotatable bonds is 3. The Morgan fingerprint density at radius 2 is 1.82 bits per heavy atom. The van der Waals surface area contributed by atoms with E-state index in [-0.39, 0.29) is 17.9 Å². The van der Waals surface area contributed by atoms with Gasteiger partial charge in [0.1, 0.15) is 0 Å². The number of hydrogen-bond acceptors (Lipinski definition) is 3. The van der Waals surface area contributed by atoms with E-state index >= 15 is 0 Å². The van der Waals surface area contributed by atoms with Crippen molar-refractivity contribution in [2.24, 2.45) is 0 Å². The van der Waals surface area contributed by atoms with Gasteiger partial charge in [-0.25, -0.2) is 0 Å². The zero-order valence-corrected chi connectivity index (χ0v) is 21.1. The number of carbonyl (C=O) groups excluding carboxylic acids is 1. The standard InChI is InChI=1S/C24H26BrClF3N3O/c1-14-12-31(13-15(2)30(14)3)21-11-20-16(9-19(21)25)7-8-32(20)22(33)10-17-5-4-6-18(23(17)26)24(27,28)29/h4-6,9,11,14-15H,7-8,10,12-13H2,1-3H3/t14-,15+. The molecule has 2 aliphatic heterocycles. The highest BCUT2D eigenvalue weighted by Crippen LogP contribution is 2.40. The summed E-state index contributed by atoms with van der Waals surface area (Å²) in [5, 5.41) is -0.408. The number of piperazine rings is 1. The number of fused-ring (bicyclic) bond motifs is 1. The van der Waals surface area contributed by atoms with E-state index < -0.39 is 16.8 Å². The van der Waals surface area contributed by atoms with Crippen LogP contribution in [0.25, 0.3) is 0 Å². The van der Waals surface area contributed by atoms with E-state index in [1.165, 1.54) is 12.1 Å². The molecule has 0 saturated carbocycles. The van der Waals surface area contributed by atoms with Gasteiger partial charge in [0.2, 0.25) is 5.91 Å². The van der Waals surface area contributed by atoms with Crippen molar-refractivity contribution in [1.82, 2.24) is 4.90 Å². The van der Waals surface area contributed by atoms with Gasteiger partial charge in [0.25, 0.3) is 0 Å². The van der Waals surface area contributed by atoms with Gasteiger partial charge in [-0.2, -0.15) is 13.2 Å². The van der Waals surface area contributed by atoms with Crippen molar-refractivity contribution in [3.8, 4) is 0 Å². The lowest BCUT2D eigenvalue weighted by molar-refractivity contribution is -0.137. The van der Waals surface area contributed by atoms with Crippen LogP contribution in [0.15, 0.2) is 34.8 Å². The highest BCUT2D eigenvalue weighted by molar-refractivity contribution is 9.10. The maximum absolute atomic E-state index is 13.2. The van der Waals surface area contributed by atoms with Gasteiger partial charge >= 0.3 is 6.18 Å². The molecule has 0 unspecified atom stereocenters. The van der Waals surface area contributed by atoms with Crippen molar-refractivity contribution < 1.29 is 18.0 Å². The first kappa shape index (κ1) is 24.4. The molecule has 1 saturated heterocycles. The quantitative estimate of drug-likeness (QED) is 0.490. The number of halogens is 5. The second-order valence-electron chi connectivity index (χ2n) is 8.95. The maximum atomic E-state index is 13.2. The molecule has 0 aromatic heterocycles. The Hall–Kier alpha value is -1.77. The summed E-state index contributed by atoms with van der Waals surface area (Å²) < 4.78 is 40.6. The van der Waals surface area contributed by atoms with Crippen LogP contribution in [0.3, 0.4) is 0 Å². The zero-order valence-electron chi connectivity index (χ0n) is 18.7. The van der Waals surface area contributed by atoms with E-state index in [4.69, 9.17) is 11.6 Å². The first-order valence-electron chi connectivity index (χ1n) is 10.9. The molecule has 4 nitrogen and oxygen atoms in total. The van der Waals surface area contributed by atoms with Crippen LogP contribution in [0, 0.1) is 0 Å². The predicted molar refractivity (Wildman–Crippen MR) is 129 cm³/mol. The van der Waals surface area contributed by atoms with Crippen LogP contribution in [-0.2, 0) is 23.8 Å². The maximum Gasteiger partial charge on any atom is 0.417 e. The Kier molecular flexibility index (Phi) is 6.73. The molecule has 0 radical (unpaired) electrons. The molecule has 2 aromatic carbocycles. The minimum atomic E-state index is -4.56. The lowest BCUT2D eigenvalue weighted by Gasteiger charge is -2.44. The van der Waals surface area contributed by atoms with Gasteiger partial charge in [-0.3, -0.25) is 9.69 Å². The smallest absolute Gasteiger partial charge is 0.367 e. The third-order valence-corrected chi connectivity index (χ3v) is 7.85. The van der Waals surface area contributed by atoms with Crippen molar-refractivity contribution in [2.45, 2.75) is 44.9 Å². The molecule has 1 fully saturated rings. The number of anilines is 2. The van der Waals surface area contributed by atoms with Gasteiger partial charge in [0.05, 0.1) is 22.7 Å². The summed E-state index contributed by atoms with van der Waals surface area (Å²) in [5.41, 5.74) is 2.16. The average Bonchev–Trinajstić information content (AvgIpc) is 3.14. The van der Waals surface area contributed by atoms with Crippen molar-refractivity contribution in [2.75, 3.05) is 36.5 Å². The third-order valence-electron chi connectivity index (χ3n) is 6.77. The largest absolute Gasteiger partial charge is 0.417 e. The number of amides is 1. The molecule has 1 amide bonds. The van der Waals surface area contributed by atoms with Crippen molar-refractivity contribution in [3.63, 3.8) is 0 Å². The second-order valence-corrected chi connectivity index (χ2v) is 10.2. The normalized spacial score (nSPS) is 21.5. The van der Waals surface area contributed by atoms with E-state index in [0.717, 1.165) is 40.6 Å². The van der Waals surface area contributed by atoms with Crippen LogP contribution in [0.2, 0.25) is 5.02 Å². The van der Waals surface area contributed by atoms with Gasteiger partial charge in [-0.1, -0.05) is 23.7 Å². The minimum Gasteiger partial charge on any atom is -0.367 e. The fourth-order valence-electron chi connectivity index (χ4n) is 4.69. The molecular formula is C24H26BrClF3N3O. The molecule has 0 spiro atoms. The molecular weight excluding hydrogens is 519 g/mol. The molecule has 2 atom stereocenters. The summed E-state index contributed by atoms with van der Waals surface area (Å²) in [4.78, 5) is 19.5. The lowest BCUT2D eigenvalue weighted by atomic mass is 10.1. The third kappa shape index (κ3) is 4.75. The molecule has 9 heteroatoms. The van der Waals surface area contributed by atoms with Crippen molar-refractivity contribution in [1.29, 1.82) is 0 Å². The van der Waals surface area contributed by atoms with Crippen LogP contribution in [-0.4, -0.2) is 49.6 Å². The zero-order chi connectivity index (χ0) is 24.1. The molecule has 4 rings (SSSR count). The monoisotopic (exact) mass is 543 g/mol. The lowest BCUT2D eigenvalue weighted by Crippen LogP contribution is -2.55. The Labute approximate surface area is 205 Å². The number of likely N-dealkylation sites (N-methyl/N-ethyl adjacent to an activating group) is 1. The summed E-state index contributed by atoms with van der Waals surface area (Å²) in [6.07, 6.45) is -4.05. The van der Waals surface area contributed by atoms with Gasteiger partial charge in [0.15, 0.2) is 0 Å². The van der Waals surface area contributed by atoms with Crippen LogP contribution in [0.5, 0.6) is 0 Å². The summed E-state index contributed by atoms with van der Waals surface area (Å²) >= 11 is 9.73. The Bertz CT molecular complexity index is 1070. The summed E-state index contributed by atoms with van der Waals surface area (Å²) in [7, 11) is 2.13. The van der Waals surface area contributed by atoms with Crippen LogP contribution < -0.4 is 9.80 Å². The number of carbonyl (C=O) groups is 1. The first-order chi connectivity index (χ1) is 15.5. The Balaban J connectivity index is 1.60. The van der Waals surface area contributed by atoms with Gasteiger partial charge in [-0.15, -0.1) is 0 Å². The molecule has 2 heterocycles. The van der Waals surface area contributed by atoms with E-state index in [0.29, 0.717) is 25.0 Å². The van der Waals surface area contributed by atoms with E-state index in [1.807, 2.05) is 6.07 Å². The van der Waals surface area contributed by atoms with Crippen molar-refractivity contribution in [3.05, 3.63) is 56.5 Å². The van der Waals surface area contributed by atoms with E-state index in [2.05, 4.69) is 52.7 Å². The van der Waals surface area contributed by atoms with Gasteiger partial charge in [0, 0.05) is 41.9 Å². The number of alkyl halides is 3. The molecule has 178 valence electrons. The van der Waals surface area contributed by atoms with E-state index in [1.54, 1.807) is 4.90 Å². The highest BCUT2D eigenvalue weighted by Gasteiger charge is 2.35. The molecule has 0 aliphatic carbocycles. The van der Waals surface area contributed by atoms with Crippen LogP contribution in [0.1, 0.15) is 30.5 Å². The number of nitrogens with zero attached hydrogens (tertiary/aromatic N) is 3. The van der Waals surface area contributed by atoms with Crippen LogP contribution >= 0.6 is 27.5 Å². The summed E-state index contributed by atoms with van der Waals surface area (Å²) in [5.74, 6) is -0.261. The van der Waals surface area contributed by atoms with E-state index in [9.17, 15) is 18.0 Å². The minimum absolute atomic E-state index is 0.184. The summed E-state index contributed by atoms with van der Waals surface area (Å²) in [6, 6.07) is 8.56. The number of hydrogen-bond donors (Lipinski definition) is 0. The number of benzene rings is 2. The fraction of sp³-hybridized carbons (Fsp3) is 0.458. The van der Waals surface area contributed by atoms with Crippen molar-refractivity contribution >= 4 is 44.8 Å². The first-order valence-corrected chi connectivity index (χ1v) is 12.1. The topological polar surface area (TPSA) is 26.8 Å². The van der Waals surface area contributed by atoms with Gasteiger partial charge in [-0.05, 0) is 72.6 Å². The molecule has 0 bridgehead atoms. The average molecular weight is 545 g/mol. The molecule has 33 heavy (non-hydrogen) atoms. The second kappa shape index (κ2) is 9.12. The molecule has 2 aliphatic rings. The highest BCUT2D eigenvalue weighted by atomic mass is 79.9. The van der Waals surface area contributed by atoms with Gasteiger partial charge < -0.3 is 9.80 Å². The Morgan fingerprint density at radius 1 is 1.15 bits per heavy atom. The molecule has 0 N–H and O–H groups in total. The van der Waals surface area contributed by atoms with Crippen LogP contribution in [0.4, 0.5) is 24.5 Å². The SMILES string of the molecule is C[C@@H]1CN(c2cc3c(cc2Br)CCN3C(=O)Cc2cccc(C(F)(F)F)c2Cl)C[C@H](C)N1C. The fourth-order valence-corrected chi connectivity index (χ4v) is 5.63. The molecule has 2 aromatic rings. The Morgan fingerprint density at radius 3 is 2.45 bits per heavy atom.